The van der Waals surface area contributed by atoms with Gasteiger partial charge in [0.25, 0.3) is 0 Å². The van der Waals surface area contributed by atoms with Crippen molar-refractivity contribution >= 4 is 0 Å². The second-order valence-corrected chi connectivity index (χ2v) is 5.62. The van der Waals surface area contributed by atoms with E-state index in [2.05, 4.69) is 10.2 Å². The van der Waals surface area contributed by atoms with Crippen molar-refractivity contribution < 1.29 is 8.78 Å². The fourth-order valence-corrected chi connectivity index (χ4v) is 3.09. The molecule has 2 aromatic carbocycles. The van der Waals surface area contributed by atoms with Gasteiger partial charge in [0, 0.05) is 25.2 Å². The van der Waals surface area contributed by atoms with Crippen molar-refractivity contribution in [2.45, 2.75) is 12.5 Å². The summed E-state index contributed by atoms with van der Waals surface area (Å²) in [6.45, 7) is 3.50. The number of hydrogen-bond acceptors (Lipinski definition) is 2. The van der Waals surface area contributed by atoms with Crippen LogP contribution in [0.1, 0.15) is 23.6 Å². The molecule has 1 fully saturated rings. The summed E-state index contributed by atoms with van der Waals surface area (Å²) in [5, 5.41) is 3.35. The molecule has 4 heteroatoms. The Hall–Kier alpha value is -1.78. The van der Waals surface area contributed by atoms with Gasteiger partial charge in [-0.05, 0) is 36.7 Å². The topological polar surface area (TPSA) is 15.3 Å². The third-order valence-corrected chi connectivity index (χ3v) is 4.10. The minimum Gasteiger partial charge on any atom is -0.315 e. The highest BCUT2D eigenvalue weighted by atomic mass is 19.1. The highest BCUT2D eigenvalue weighted by Crippen LogP contribution is 2.31. The molecule has 2 aromatic rings. The zero-order valence-corrected chi connectivity index (χ0v) is 12.4. The highest BCUT2D eigenvalue weighted by molar-refractivity contribution is 5.33. The van der Waals surface area contributed by atoms with Gasteiger partial charge in [-0.2, -0.15) is 0 Å². The van der Waals surface area contributed by atoms with Crippen LogP contribution in [0.3, 0.4) is 0 Å². The van der Waals surface area contributed by atoms with Crippen LogP contribution < -0.4 is 5.32 Å². The molecule has 0 amide bonds. The van der Waals surface area contributed by atoms with Gasteiger partial charge in [0.1, 0.15) is 11.6 Å². The maximum Gasteiger partial charge on any atom is 0.128 e. The van der Waals surface area contributed by atoms with Crippen LogP contribution >= 0.6 is 0 Å². The SMILES string of the molecule is Fc1cccc(C(c2ccccc2F)N2CCCNCC2)c1. The van der Waals surface area contributed by atoms with Crippen molar-refractivity contribution in [2.75, 3.05) is 26.2 Å². The van der Waals surface area contributed by atoms with Crippen LogP contribution in [-0.4, -0.2) is 31.1 Å². The lowest BCUT2D eigenvalue weighted by molar-refractivity contribution is 0.236. The molecule has 0 spiro atoms. The van der Waals surface area contributed by atoms with Crippen molar-refractivity contribution in [2.24, 2.45) is 0 Å². The second-order valence-electron chi connectivity index (χ2n) is 5.62. The first-order chi connectivity index (χ1) is 10.8. The van der Waals surface area contributed by atoms with E-state index in [4.69, 9.17) is 0 Å². The molecule has 3 rings (SSSR count). The van der Waals surface area contributed by atoms with Gasteiger partial charge in [0.15, 0.2) is 0 Å². The number of rotatable bonds is 3. The molecule has 1 aliphatic rings. The van der Waals surface area contributed by atoms with E-state index in [1.807, 2.05) is 12.1 Å². The fraction of sp³-hybridized carbons (Fsp3) is 0.333. The summed E-state index contributed by atoms with van der Waals surface area (Å²) in [4.78, 5) is 2.23. The summed E-state index contributed by atoms with van der Waals surface area (Å²) in [5.41, 5.74) is 1.40. The van der Waals surface area contributed by atoms with E-state index in [1.54, 1.807) is 18.2 Å². The molecule has 1 aliphatic heterocycles. The lowest BCUT2D eigenvalue weighted by Crippen LogP contribution is -2.33. The molecule has 22 heavy (non-hydrogen) atoms. The van der Waals surface area contributed by atoms with E-state index in [1.165, 1.54) is 18.2 Å². The molecule has 1 saturated heterocycles. The van der Waals surface area contributed by atoms with Gasteiger partial charge in [0.2, 0.25) is 0 Å². The average molecular weight is 302 g/mol. The van der Waals surface area contributed by atoms with E-state index in [0.29, 0.717) is 5.56 Å². The molecule has 1 atom stereocenters. The van der Waals surface area contributed by atoms with Crippen LogP contribution in [-0.2, 0) is 0 Å². The Kier molecular flexibility index (Phi) is 4.80. The van der Waals surface area contributed by atoms with Crippen molar-refractivity contribution in [3.63, 3.8) is 0 Å². The number of hydrogen-bond donors (Lipinski definition) is 1. The molecule has 1 N–H and O–H groups in total. The quantitative estimate of drug-likeness (QED) is 0.935. The summed E-state index contributed by atoms with van der Waals surface area (Å²) >= 11 is 0. The van der Waals surface area contributed by atoms with E-state index >= 15 is 0 Å². The largest absolute Gasteiger partial charge is 0.315 e. The molecule has 1 heterocycles. The molecular formula is C18H20F2N2. The van der Waals surface area contributed by atoms with Crippen LogP contribution in [0, 0.1) is 11.6 Å². The molecule has 1 unspecified atom stereocenters. The summed E-state index contributed by atoms with van der Waals surface area (Å²) in [6, 6.07) is 13.0. The maximum absolute atomic E-state index is 14.3. The van der Waals surface area contributed by atoms with Gasteiger partial charge in [-0.15, -0.1) is 0 Å². The third-order valence-electron chi connectivity index (χ3n) is 4.10. The number of nitrogens with zero attached hydrogens (tertiary/aromatic N) is 1. The Morgan fingerprint density at radius 2 is 1.82 bits per heavy atom. The molecule has 0 bridgehead atoms. The second kappa shape index (κ2) is 6.99. The van der Waals surface area contributed by atoms with E-state index < -0.39 is 0 Å². The Balaban J connectivity index is 2.03. The molecular weight excluding hydrogens is 282 g/mol. The summed E-state index contributed by atoms with van der Waals surface area (Å²) < 4.78 is 28.0. The molecule has 0 saturated carbocycles. The van der Waals surface area contributed by atoms with Crippen LogP contribution in [0.25, 0.3) is 0 Å². The monoisotopic (exact) mass is 302 g/mol. The van der Waals surface area contributed by atoms with Gasteiger partial charge in [-0.3, -0.25) is 4.90 Å². The minimum absolute atomic E-state index is 0.242. The molecule has 2 nitrogen and oxygen atoms in total. The first-order valence-electron chi connectivity index (χ1n) is 7.70. The van der Waals surface area contributed by atoms with Crippen LogP contribution in [0.2, 0.25) is 0 Å². The Morgan fingerprint density at radius 3 is 2.64 bits per heavy atom. The van der Waals surface area contributed by atoms with Crippen LogP contribution in [0.4, 0.5) is 8.78 Å². The fourth-order valence-electron chi connectivity index (χ4n) is 3.09. The lowest BCUT2D eigenvalue weighted by atomic mass is 9.96. The van der Waals surface area contributed by atoms with Crippen molar-refractivity contribution in [3.8, 4) is 0 Å². The van der Waals surface area contributed by atoms with Crippen LogP contribution in [0.15, 0.2) is 48.5 Å². The first kappa shape index (κ1) is 15.1. The predicted molar refractivity (Wildman–Crippen MR) is 83.7 cm³/mol. The molecule has 0 aromatic heterocycles. The van der Waals surface area contributed by atoms with Crippen molar-refractivity contribution in [1.29, 1.82) is 0 Å². The summed E-state index contributed by atoms with van der Waals surface area (Å²) in [6.07, 6.45) is 1.00. The summed E-state index contributed by atoms with van der Waals surface area (Å²) in [7, 11) is 0. The Morgan fingerprint density at radius 1 is 0.955 bits per heavy atom. The Labute approximate surface area is 129 Å². The van der Waals surface area contributed by atoms with Gasteiger partial charge < -0.3 is 5.32 Å². The van der Waals surface area contributed by atoms with Gasteiger partial charge in [-0.1, -0.05) is 30.3 Å². The smallest absolute Gasteiger partial charge is 0.128 e. The average Bonchev–Trinajstić information content (AvgIpc) is 2.79. The van der Waals surface area contributed by atoms with Crippen molar-refractivity contribution in [1.82, 2.24) is 10.2 Å². The van der Waals surface area contributed by atoms with E-state index in [9.17, 15) is 8.78 Å². The van der Waals surface area contributed by atoms with E-state index in [0.717, 1.165) is 38.2 Å². The number of nitrogens with one attached hydrogen (secondary N) is 1. The number of halogens is 2. The molecule has 116 valence electrons. The molecule has 0 aliphatic carbocycles. The zero-order chi connectivity index (χ0) is 15.4. The van der Waals surface area contributed by atoms with Crippen LogP contribution in [0.5, 0.6) is 0 Å². The van der Waals surface area contributed by atoms with Crippen molar-refractivity contribution in [3.05, 3.63) is 71.3 Å². The third kappa shape index (κ3) is 3.34. The maximum atomic E-state index is 14.3. The summed E-state index contributed by atoms with van der Waals surface area (Å²) in [5.74, 6) is -0.527. The van der Waals surface area contributed by atoms with E-state index in [-0.39, 0.29) is 17.7 Å². The zero-order valence-electron chi connectivity index (χ0n) is 12.4. The van der Waals surface area contributed by atoms with Gasteiger partial charge >= 0.3 is 0 Å². The number of benzene rings is 2. The normalized spacial score (nSPS) is 17.9. The highest BCUT2D eigenvalue weighted by Gasteiger charge is 2.25. The predicted octanol–water partition coefficient (Wildman–Crippen LogP) is 3.35. The minimum atomic E-state index is -0.285. The molecule has 0 radical (unpaired) electrons. The first-order valence-corrected chi connectivity index (χ1v) is 7.70. The standard InChI is InChI=1S/C18H20F2N2/c19-15-6-3-5-14(13-15)18(16-7-1-2-8-17(16)20)22-11-4-9-21-10-12-22/h1-3,5-8,13,18,21H,4,9-12H2. The van der Waals surface area contributed by atoms with Gasteiger partial charge in [-0.25, -0.2) is 8.78 Å². The lowest BCUT2D eigenvalue weighted by Gasteiger charge is -2.31. The Bertz CT molecular complexity index is 622. The van der Waals surface area contributed by atoms with Gasteiger partial charge in [0.05, 0.1) is 6.04 Å².